The molecule has 2 aromatic heterocycles. The maximum absolute atomic E-state index is 14.9. The fraction of sp³-hybridized carbons (Fsp3) is 0.250. The van der Waals surface area contributed by atoms with Gasteiger partial charge < -0.3 is 15.4 Å². The molecule has 3 aromatic rings. The number of amides is 2. The number of fused-ring (bicyclic) bond motifs is 2. The number of benzene rings is 1. The molecule has 0 aliphatic carbocycles. The van der Waals surface area contributed by atoms with Gasteiger partial charge in [0.15, 0.2) is 11.4 Å². The zero-order valence-electron chi connectivity index (χ0n) is 16.1. The molecular formula is C20H17ClFN5O3S. The zero-order chi connectivity index (χ0) is 21.8. The lowest BCUT2D eigenvalue weighted by Gasteiger charge is -2.35. The number of nitrogens with two attached hydrogens (primary N) is 1. The molecule has 2 aliphatic heterocycles. The molecule has 4 heterocycles. The Hall–Kier alpha value is -3.11. The van der Waals surface area contributed by atoms with Crippen LogP contribution in [0.15, 0.2) is 35.7 Å². The van der Waals surface area contributed by atoms with E-state index in [1.165, 1.54) is 33.1 Å². The summed E-state index contributed by atoms with van der Waals surface area (Å²) >= 11 is 7.49. The van der Waals surface area contributed by atoms with Crippen molar-refractivity contribution in [3.8, 4) is 10.6 Å². The third-order valence-corrected chi connectivity index (χ3v) is 6.71. The molecule has 3 N–H and O–H groups in total. The van der Waals surface area contributed by atoms with E-state index in [9.17, 15) is 14.0 Å². The van der Waals surface area contributed by atoms with Crippen LogP contribution in [-0.4, -0.2) is 39.8 Å². The van der Waals surface area contributed by atoms with Crippen LogP contribution in [0.1, 0.15) is 12.0 Å². The molecule has 0 radical (unpaired) electrons. The van der Waals surface area contributed by atoms with Crippen molar-refractivity contribution in [2.24, 2.45) is 0 Å². The van der Waals surface area contributed by atoms with E-state index in [1.54, 1.807) is 6.07 Å². The Morgan fingerprint density at radius 1 is 1.42 bits per heavy atom. The van der Waals surface area contributed by atoms with Gasteiger partial charge in [-0.25, -0.2) is 13.9 Å². The van der Waals surface area contributed by atoms with E-state index < -0.39 is 17.5 Å². The molecule has 5 rings (SSSR count). The molecule has 160 valence electrons. The SMILES string of the molecule is Nc1cc(-c2cccs2)nn1CC(=O)N1CC[C@@]2(C1)OC(=O)Nc1ccc(Cl)c(F)c12. The van der Waals surface area contributed by atoms with E-state index in [4.69, 9.17) is 22.1 Å². The van der Waals surface area contributed by atoms with Gasteiger partial charge in [-0.3, -0.25) is 10.1 Å². The van der Waals surface area contributed by atoms with Gasteiger partial charge in [-0.1, -0.05) is 17.7 Å². The average molecular weight is 462 g/mol. The predicted molar refractivity (Wildman–Crippen MR) is 114 cm³/mol. The van der Waals surface area contributed by atoms with Gasteiger partial charge >= 0.3 is 6.09 Å². The number of anilines is 2. The van der Waals surface area contributed by atoms with E-state index in [-0.39, 0.29) is 42.5 Å². The van der Waals surface area contributed by atoms with Gasteiger partial charge in [-0.15, -0.1) is 11.3 Å². The zero-order valence-corrected chi connectivity index (χ0v) is 17.7. The van der Waals surface area contributed by atoms with Crippen LogP contribution >= 0.6 is 22.9 Å². The molecular weight excluding hydrogens is 445 g/mol. The third kappa shape index (κ3) is 3.31. The Labute approximate surface area is 185 Å². The molecule has 1 saturated heterocycles. The molecule has 1 aromatic carbocycles. The van der Waals surface area contributed by atoms with Gasteiger partial charge in [0.05, 0.1) is 27.7 Å². The molecule has 0 unspecified atom stereocenters. The quantitative estimate of drug-likeness (QED) is 0.619. The van der Waals surface area contributed by atoms with E-state index in [0.29, 0.717) is 17.2 Å². The maximum atomic E-state index is 14.9. The Kier molecular flexibility index (Phi) is 4.63. The van der Waals surface area contributed by atoms with E-state index in [1.807, 2.05) is 17.5 Å². The molecule has 0 saturated carbocycles. The van der Waals surface area contributed by atoms with Crippen LogP contribution in [-0.2, 0) is 21.7 Å². The highest BCUT2D eigenvalue weighted by Gasteiger charge is 2.50. The molecule has 1 atom stereocenters. The number of hydrogen-bond donors (Lipinski definition) is 2. The topological polar surface area (TPSA) is 102 Å². The summed E-state index contributed by atoms with van der Waals surface area (Å²) in [7, 11) is 0. The number of hydrogen-bond acceptors (Lipinski definition) is 6. The van der Waals surface area contributed by atoms with Gasteiger partial charge in [-0.05, 0) is 23.6 Å². The molecule has 1 fully saturated rings. The van der Waals surface area contributed by atoms with Crippen molar-refractivity contribution in [1.82, 2.24) is 14.7 Å². The molecule has 31 heavy (non-hydrogen) atoms. The van der Waals surface area contributed by atoms with E-state index in [2.05, 4.69) is 10.4 Å². The monoisotopic (exact) mass is 461 g/mol. The highest BCUT2D eigenvalue weighted by atomic mass is 35.5. The summed E-state index contributed by atoms with van der Waals surface area (Å²) in [6.45, 7) is 0.225. The first-order valence-corrected chi connectivity index (χ1v) is 10.8. The fourth-order valence-corrected chi connectivity index (χ4v) is 4.92. The van der Waals surface area contributed by atoms with Gasteiger partial charge in [-0.2, -0.15) is 5.10 Å². The first kappa shape index (κ1) is 19.8. The normalized spacial score (nSPS) is 19.9. The summed E-state index contributed by atoms with van der Waals surface area (Å²) in [6.07, 6.45) is -0.439. The highest BCUT2D eigenvalue weighted by molar-refractivity contribution is 7.13. The van der Waals surface area contributed by atoms with Crippen LogP contribution in [0.3, 0.4) is 0 Å². The van der Waals surface area contributed by atoms with Crippen molar-refractivity contribution in [2.45, 2.75) is 18.6 Å². The smallest absolute Gasteiger partial charge is 0.412 e. The average Bonchev–Trinajstić information content (AvgIpc) is 3.46. The van der Waals surface area contributed by atoms with Gasteiger partial charge in [0.25, 0.3) is 0 Å². The van der Waals surface area contributed by atoms with Crippen LogP contribution in [0, 0.1) is 5.82 Å². The summed E-state index contributed by atoms with van der Waals surface area (Å²) in [5.41, 5.74) is 5.90. The second-order valence-corrected chi connectivity index (χ2v) is 8.80. The number of carbonyl (C=O) groups is 2. The van der Waals surface area contributed by atoms with Crippen LogP contribution in [0.4, 0.5) is 20.7 Å². The summed E-state index contributed by atoms with van der Waals surface area (Å²) < 4.78 is 21.8. The van der Waals surface area contributed by atoms with Crippen LogP contribution in [0.25, 0.3) is 10.6 Å². The molecule has 0 bridgehead atoms. The Bertz CT molecular complexity index is 1200. The molecule has 2 aliphatic rings. The lowest BCUT2D eigenvalue weighted by Crippen LogP contribution is -2.44. The van der Waals surface area contributed by atoms with Gasteiger partial charge in [0.1, 0.15) is 18.1 Å². The first-order chi connectivity index (χ1) is 14.9. The summed E-state index contributed by atoms with van der Waals surface area (Å²) in [5.74, 6) is -0.560. The molecule has 8 nitrogen and oxygen atoms in total. The van der Waals surface area contributed by atoms with Gasteiger partial charge in [0.2, 0.25) is 5.91 Å². The third-order valence-electron chi connectivity index (χ3n) is 5.53. The number of rotatable bonds is 3. The maximum Gasteiger partial charge on any atom is 0.412 e. The predicted octanol–water partition coefficient (Wildman–Crippen LogP) is 3.68. The minimum atomic E-state index is -1.29. The number of likely N-dealkylation sites (tertiary alicyclic amines) is 1. The Morgan fingerprint density at radius 2 is 2.26 bits per heavy atom. The summed E-state index contributed by atoms with van der Waals surface area (Å²) in [4.78, 5) is 27.5. The Morgan fingerprint density at radius 3 is 3.03 bits per heavy atom. The van der Waals surface area contributed by atoms with Crippen molar-refractivity contribution in [3.05, 3.63) is 52.1 Å². The van der Waals surface area contributed by atoms with Crippen molar-refractivity contribution >= 4 is 46.4 Å². The number of halogens is 2. The summed E-state index contributed by atoms with van der Waals surface area (Å²) in [5, 5.41) is 8.77. The van der Waals surface area contributed by atoms with Crippen LogP contribution < -0.4 is 11.1 Å². The van der Waals surface area contributed by atoms with Crippen molar-refractivity contribution in [3.63, 3.8) is 0 Å². The minimum absolute atomic E-state index is 0.0163. The number of nitrogens with one attached hydrogen (secondary N) is 1. The number of ether oxygens (including phenoxy) is 1. The lowest BCUT2D eigenvalue weighted by atomic mass is 9.89. The van der Waals surface area contributed by atoms with E-state index >= 15 is 0 Å². The summed E-state index contributed by atoms with van der Waals surface area (Å²) in [6, 6.07) is 8.45. The number of nitrogens with zero attached hydrogens (tertiary/aromatic N) is 3. The number of carbonyl (C=O) groups excluding carboxylic acids is 2. The van der Waals surface area contributed by atoms with Gasteiger partial charge in [0, 0.05) is 19.0 Å². The fourth-order valence-electron chi connectivity index (χ4n) is 4.08. The number of thiophene rings is 1. The molecule has 11 heteroatoms. The molecule has 1 spiro atoms. The second kappa shape index (κ2) is 7.24. The largest absolute Gasteiger partial charge is 0.436 e. The number of aromatic nitrogens is 2. The minimum Gasteiger partial charge on any atom is -0.436 e. The lowest BCUT2D eigenvalue weighted by molar-refractivity contribution is -0.132. The molecule has 2 amide bonds. The Balaban J connectivity index is 1.39. The van der Waals surface area contributed by atoms with Crippen molar-refractivity contribution in [1.29, 1.82) is 0 Å². The van der Waals surface area contributed by atoms with Crippen molar-refractivity contribution in [2.75, 3.05) is 24.1 Å². The van der Waals surface area contributed by atoms with Crippen molar-refractivity contribution < 1.29 is 18.7 Å². The standard InChI is InChI=1S/C20H17ClFN5O3S/c21-11-3-4-12-17(18(11)22)20(30-19(29)24-12)5-6-26(10-20)16(28)9-27-15(23)8-13(25-27)14-2-1-7-31-14/h1-4,7-8H,5-6,9-10,23H2,(H,24,29)/t20-/m0/s1. The van der Waals surface area contributed by atoms with Crippen LogP contribution in [0.2, 0.25) is 5.02 Å². The van der Waals surface area contributed by atoms with Crippen LogP contribution in [0.5, 0.6) is 0 Å². The van der Waals surface area contributed by atoms with E-state index in [0.717, 1.165) is 4.88 Å². The second-order valence-electron chi connectivity index (χ2n) is 7.45. The first-order valence-electron chi connectivity index (χ1n) is 9.50. The number of nitrogen functional groups attached to an aromatic ring is 1. The highest BCUT2D eigenvalue weighted by Crippen LogP contribution is 2.45.